The van der Waals surface area contributed by atoms with E-state index in [2.05, 4.69) is 57.7 Å². The van der Waals surface area contributed by atoms with Gasteiger partial charge in [0.05, 0.1) is 30.7 Å². The molecule has 4 aromatic carbocycles. The van der Waals surface area contributed by atoms with Crippen molar-refractivity contribution >= 4 is 41.5 Å². The summed E-state index contributed by atoms with van der Waals surface area (Å²) in [5.74, 6) is 0.743. The topological polar surface area (TPSA) is 41.9 Å². The molecule has 0 spiro atoms. The molecule has 1 aliphatic heterocycles. The number of aliphatic imine (C=N–C) groups is 1. The molecule has 0 aromatic heterocycles. The first-order chi connectivity index (χ1) is 20.0. The second-order valence-corrected chi connectivity index (χ2v) is 12.7. The number of carbonyl (C=O) groups excluding carboxylic acids is 1. The summed E-state index contributed by atoms with van der Waals surface area (Å²) in [6, 6.07) is 24.0. The quantitative estimate of drug-likeness (QED) is 0.199. The van der Waals surface area contributed by atoms with E-state index in [-0.39, 0.29) is 17.5 Å². The number of hydrogen-bond acceptors (Lipinski definition) is 4. The largest absolute Gasteiger partial charge is 0.493 e. The van der Waals surface area contributed by atoms with E-state index in [1.54, 1.807) is 0 Å². The van der Waals surface area contributed by atoms with Crippen molar-refractivity contribution in [3.05, 3.63) is 94.0 Å². The highest BCUT2D eigenvalue weighted by molar-refractivity contribution is 6.31. The summed E-state index contributed by atoms with van der Waals surface area (Å²) in [5.41, 5.74) is 8.04. The second kappa shape index (κ2) is 11.9. The van der Waals surface area contributed by atoms with Crippen LogP contribution in [0.4, 0.5) is 5.69 Å². The number of rotatable bonds is 7. The Labute approximate surface area is 259 Å². The van der Waals surface area contributed by atoms with E-state index < -0.39 is 0 Å². The fourth-order valence-electron chi connectivity index (χ4n) is 5.46. The van der Waals surface area contributed by atoms with Crippen molar-refractivity contribution in [2.45, 2.75) is 59.0 Å². The van der Waals surface area contributed by atoms with Gasteiger partial charge in [0.1, 0.15) is 5.75 Å². The van der Waals surface area contributed by atoms with Crippen molar-refractivity contribution in [2.24, 2.45) is 4.99 Å². The van der Waals surface area contributed by atoms with Gasteiger partial charge in [-0.25, -0.2) is 0 Å². The summed E-state index contributed by atoms with van der Waals surface area (Å²) in [6.45, 7) is 13.3. The maximum absolute atomic E-state index is 13.0. The maximum atomic E-state index is 13.0. The van der Waals surface area contributed by atoms with Crippen LogP contribution in [0.3, 0.4) is 0 Å². The van der Waals surface area contributed by atoms with Crippen LogP contribution in [-0.4, -0.2) is 31.3 Å². The Hall–Kier alpha value is -3.60. The lowest BCUT2D eigenvalue weighted by Crippen LogP contribution is -2.33. The average Bonchev–Trinajstić information content (AvgIpc) is 3.30. The summed E-state index contributed by atoms with van der Waals surface area (Å²) in [4.78, 5) is 20.0. The summed E-state index contributed by atoms with van der Waals surface area (Å²) < 4.78 is 6.28. The Morgan fingerprint density at radius 3 is 2.00 bits per heavy atom. The van der Waals surface area contributed by atoms with E-state index in [0.29, 0.717) is 22.2 Å². The van der Waals surface area contributed by atoms with E-state index in [1.165, 1.54) is 0 Å². The average molecular weight is 600 g/mol. The summed E-state index contributed by atoms with van der Waals surface area (Å²) in [6.07, 6.45) is 2.84. The molecular weight excluding hydrogens is 563 g/mol. The Kier molecular flexibility index (Phi) is 8.50. The van der Waals surface area contributed by atoms with Crippen LogP contribution in [0.2, 0.25) is 10.0 Å². The monoisotopic (exact) mass is 598 g/mol. The molecule has 0 aliphatic carbocycles. The Morgan fingerprint density at radius 1 is 0.857 bits per heavy atom. The van der Waals surface area contributed by atoms with E-state index in [9.17, 15) is 4.79 Å². The van der Waals surface area contributed by atoms with E-state index >= 15 is 0 Å². The van der Waals surface area contributed by atoms with Crippen LogP contribution in [0.25, 0.3) is 33.4 Å². The molecule has 1 heterocycles. The SMILES string of the molecule is CCOc1cc(C(C)(C)C)ccc1-c1c(C=O)cc(-c2ccc(Cl)cc2)c(-c2ccc(Cl)cc2)c1N1C=N[C@@H](C)[C@H]1C. The third kappa shape index (κ3) is 5.71. The first-order valence-electron chi connectivity index (χ1n) is 14.3. The molecule has 216 valence electrons. The fourth-order valence-corrected chi connectivity index (χ4v) is 5.71. The van der Waals surface area contributed by atoms with Crippen LogP contribution in [0.15, 0.2) is 77.8 Å². The van der Waals surface area contributed by atoms with Crippen molar-refractivity contribution in [1.29, 1.82) is 0 Å². The minimum atomic E-state index is -0.0703. The van der Waals surface area contributed by atoms with Crippen LogP contribution in [0, 0.1) is 0 Å². The predicted octanol–water partition coefficient (Wildman–Crippen LogP) is 10.1. The molecule has 4 nitrogen and oxygen atoms in total. The predicted molar refractivity (Wildman–Crippen MR) is 178 cm³/mol. The highest BCUT2D eigenvalue weighted by atomic mass is 35.5. The molecule has 0 N–H and O–H groups in total. The van der Waals surface area contributed by atoms with Crippen molar-refractivity contribution in [3.8, 4) is 39.1 Å². The van der Waals surface area contributed by atoms with Gasteiger partial charge in [0.25, 0.3) is 0 Å². The fraction of sp³-hybridized carbons (Fsp3) is 0.278. The highest BCUT2D eigenvalue weighted by Gasteiger charge is 2.33. The number of anilines is 1. The molecule has 2 atom stereocenters. The molecule has 0 radical (unpaired) electrons. The van der Waals surface area contributed by atoms with Gasteiger partial charge in [-0.3, -0.25) is 9.79 Å². The zero-order valence-electron chi connectivity index (χ0n) is 24.9. The van der Waals surface area contributed by atoms with Crippen LogP contribution in [0.1, 0.15) is 57.5 Å². The third-order valence-electron chi connectivity index (χ3n) is 7.98. The van der Waals surface area contributed by atoms with Crippen molar-refractivity contribution in [3.63, 3.8) is 0 Å². The molecule has 0 bridgehead atoms. The molecule has 0 saturated heterocycles. The van der Waals surface area contributed by atoms with E-state index in [4.69, 9.17) is 32.9 Å². The highest BCUT2D eigenvalue weighted by Crippen LogP contribution is 2.50. The van der Waals surface area contributed by atoms with Gasteiger partial charge >= 0.3 is 0 Å². The van der Waals surface area contributed by atoms with Crippen LogP contribution >= 0.6 is 23.2 Å². The second-order valence-electron chi connectivity index (χ2n) is 11.8. The molecule has 1 aliphatic rings. The zero-order valence-corrected chi connectivity index (χ0v) is 26.4. The number of carbonyl (C=O) groups is 1. The first-order valence-corrected chi connectivity index (χ1v) is 15.1. The molecule has 0 unspecified atom stereocenters. The minimum absolute atomic E-state index is 0.0548. The lowest BCUT2D eigenvalue weighted by molar-refractivity contribution is 0.112. The molecule has 42 heavy (non-hydrogen) atoms. The lowest BCUT2D eigenvalue weighted by Gasteiger charge is -2.32. The van der Waals surface area contributed by atoms with Crippen molar-refractivity contribution in [2.75, 3.05) is 11.5 Å². The van der Waals surface area contributed by atoms with Gasteiger partial charge in [0, 0.05) is 32.3 Å². The normalized spacial score (nSPS) is 16.6. The third-order valence-corrected chi connectivity index (χ3v) is 8.49. The number of halogens is 2. The van der Waals surface area contributed by atoms with Gasteiger partial charge in [-0.15, -0.1) is 0 Å². The van der Waals surface area contributed by atoms with Gasteiger partial charge < -0.3 is 9.64 Å². The Balaban J connectivity index is 1.95. The Morgan fingerprint density at radius 2 is 1.48 bits per heavy atom. The van der Waals surface area contributed by atoms with Gasteiger partial charge in [0.2, 0.25) is 0 Å². The van der Waals surface area contributed by atoms with Gasteiger partial charge in [-0.2, -0.15) is 0 Å². The standard InChI is InChI=1S/C36H36Cl2N2O2/c1-7-42-32-19-27(36(4,5)6)12-17-30(32)34-26(20-41)18-31(24-8-13-28(37)14-9-24)33(25-10-15-29(38)16-11-25)35(34)40-21-39-22(2)23(40)3/h8-23H,7H2,1-6H3/t22-,23+/m0/s1. The van der Waals surface area contributed by atoms with Crippen LogP contribution < -0.4 is 9.64 Å². The van der Waals surface area contributed by atoms with Gasteiger partial charge in [0.15, 0.2) is 6.29 Å². The number of nitrogens with zero attached hydrogens (tertiary/aromatic N) is 2. The molecule has 0 fully saturated rings. The van der Waals surface area contributed by atoms with Gasteiger partial charge in [-0.05, 0) is 84.8 Å². The number of ether oxygens (including phenoxy) is 1. The number of hydrogen-bond donors (Lipinski definition) is 0. The Bertz CT molecular complexity index is 1640. The van der Waals surface area contributed by atoms with Crippen LogP contribution in [-0.2, 0) is 5.41 Å². The molecule has 4 aromatic rings. The van der Waals surface area contributed by atoms with E-state index in [1.807, 2.05) is 67.9 Å². The molecule has 0 amide bonds. The molecule has 0 saturated carbocycles. The number of aldehydes is 1. The summed E-state index contributed by atoms with van der Waals surface area (Å²) >= 11 is 12.6. The van der Waals surface area contributed by atoms with Crippen molar-refractivity contribution < 1.29 is 9.53 Å². The molecule has 5 rings (SSSR count). The number of benzene rings is 4. The molecule has 6 heteroatoms. The maximum Gasteiger partial charge on any atom is 0.150 e. The minimum Gasteiger partial charge on any atom is -0.493 e. The summed E-state index contributed by atoms with van der Waals surface area (Å²) in [7, 11) is 0. The first kappa shape index (κ1) is 29.9. The zero-order chi connectivity index (χ0) is 30.2. The van der Waals surface area contributed by atoms with Gasteiger partial charge in [-0.1, -0.05) is 80.4 Å². The van der Waals surface area contributed by atoms with Crippen molar-refractivity contribution in [1.82, 2.24) is 0 Å². The smallest absolute Gasteiger partial charge is 0.150 e. The molecular formula is C36H36Cl2N2O2. The van der Waals surface area contributed by atoms with E-state index in [0.717, 1.165) is 56.7 Å². The van der Waals surface area contributed by atoms with Crippen LogP contribution in [0.5, 0.6) is 5.75 Å². The lowest BCUT2D eigenvalue weighted by atomic mass is 9.82. The summed E-state index contributed by atoms with van der Waals surface area (Å²) in [5, 5.41) is 1.30.